The summed E-state index contributed by atoms with van der Waals surface area (Å²) in [6.07, 6.45) is 5.72. The van der Waals surface area contributed by atoms with E-state index in [9.17, 15) is 19.2 Å². The van der Waals surface area contributed by atoms with Gasteiger partial charge < -0.3 is 33.0 Å². The minimum absolute atomic E-state index is 0.0614. The first-order valence-corrected chi connectivity index (χ1v) is 18.5. The number of piperidine rings is 1. The highest BCUT2D eigenvalue weighted by atomic mass is 16.6. The minimum Gasteiger partial charge on any atom is -0.491 e. The van der Waals surface area contributed by atoms with Gasteiger partial charge in [0.15, 0.2) is 0 Å². The summed E-state index contributed by atoms with van der Waals surface area (Å²) in [7, 11) is 2.07. The number of aromatic nitrogens is 3. The molecule has 0 spiro atoms. The first-order chi connectivity index (χ1) is 27.3. The first kappa shape index (κ1) is 38.5. The summed E-state index contributed by atoms with van der Waals surface area (Å²) >= 11 is 0. The number of rotatable bonds is 19. The van der Waals surface area contributed by atoms with E-state index in [1.807, 2.05) is 31.6 Å². The molecule has 1 N–H and O–H groups in total. The molecule has 56 heavy (non-hydrogen) atoms. The quantitative estimate of drug-likeness (QED) is 0.0948. The number of nitrogens with zero attached hydrogens (tertiary/aromatic N) is 4. The van der Waals surface area contributed by atoms with Crippen LogP contribution in [0.5, 0.6) is 11.6 Å². The van der Waals surface area contributed by atoms with Crippen LogP contribution in [0.2, 0.25) is 0 Å². The van der Waals surface area contributed by atoms with Crippen molar-refractivity contribution in [2.45, 2.75) is 25.8 Å². The third-order valence-corrected chi connectivity index (χ3v) is 9.66. The fourth-order valence-corrected chi connectivity index (χ4v) is 6.82. The van der Waals surface area contributed by atoms with Crippen molar-refractivity contribution in [1.29, 1.82) is 0 Å². The molecule has 0 aliphatic carbocycles. The standard InChI is InChI=1S/C41H43N5O10/c1-26-21-28(27-3-5-30-33-25-42-10-9-34(33)45(2)36(30)22-27)24-43-39(26)56-20-18-54-16-14-52-12-11-51-13-15-53-17-19-55-29-4-6-31-32(23-29)41(50)46(40(31)49)35-7-8-37(47)44-38(35)48/h3-6,9-10,21-25,35H,7-8,11-20H2,1-2H3,(H,44,47,48). The monoisotopic (exact) mass is 765 g/mol. The van der Waals surface area contributed by atoms with Crippen molar-refractivity contribution in [3.8, 4) is 22.8 Å². The summed E-state index contributed by atoms with van der Waals surface area (Å²) < 4.78 is 36.0. The van der Waals surface area contributed by atoms with Gasteiger partial charge in [-0.3, -0.25) is 34.4 Å². The second-order valence-corrected chi connectivity index (χ2v) is 13.3. The number of ether oxygens (including phenoxy) is 6. The number of imide groups is 2. The molecule has 5 aromatic rings. The Bertz CT molecular complexity index is 2260. The SMILES string of the molecule is Cc1cc(-c2ccc3c4cnccc4n(C)c3c2)cnc1OCCOCCOCCOCCOCCOc1ccc2c(c1)C(=O)N(C1CCC(=O)NC1=O)C2=O. The summed E-state index contributed by atoms with van der Waals surface area (Å²) in [5.41, 5.74) is 5.69. The zero-order valence-corrected chi connectivity index (χ0v) is 31.3. The van der Waals surface area contributed by atoms with Crippen molar-refractivity contribution >= 4 is 45.4 Å². The Kier molecular flexibility index (Phi) is 12.3. The molecule has 1 saturated heterocycles. The van der Waals surface area contributed by atoms with Crippen molar-refractivity contribution in [2.75, 3.05) is 66.1 Å². The third-order valence-electron chi connectivity index (χ3n) is 9.66. The van der Waals surface area contributed by atoms with Gasteiger partial charge in [0.2, 0.25) is 17.7 Å². The maximum Gasteiger partial charge on any atom is 0.262 e. The highest BCUT2D eigenvalue weighted by Crippen LogP contribution is 2.33. The number of hydrogen-bond acceptors (Lipinski definition) is 12. The Hall–Kier alpha value is -5.74. The normalized spacial score (nSPS) is 15.5. The molecule has 3 aromatic heterocycles. The number of carbonyl (C=O) groups excluding carboxylic acids is 4. The van der Waals surface area contributed by atoms with E-state index in [-0.39, 0.29) is 37.2 Å². The van der Waals surface area contributed by atoms with Gasteiger partial charge in [-0.2, -0.15) is 0 Å². The largest absolute Gasteiger partial charge is 0.491 e. The summed E-state index contributed by atoms with van der Waals surface area (Å²) in [4.78, 5) is 59.3. The van der Waals surface area contributed by atoms with Crippen LogP contribution in [0.1, 0.15) is 39.1 Å². The van der Waals surface area contributed by atoms with Crippen LogP contribution in [0.3, 0.4) is 0 Å². The smallest absolute Gasteiger partial charge is 0.262 e. The molecule has 1 unspecified atom stereocenters. The predicted molar refractivity (Wildman–Crippen MR) is 204 cm³/mol. The Morgan fingerprint density at radius 2 is 1.38 bits per heavy atom. The number of fused-ring (bicyclic) bond motifs is 4. The van der Waals surface area contributed by atoms with Gasteiger partial charge in [0.05, 0.1) is 69.5 Å². The molecule has 2 aliphatic rings. The lowest BCUT2D eigenvalue weighted by Crippen LogP contribution is -2.54. The number of nitrogens with one attached hydrogen (secondary N) is 1. The van der Waals surface area contributed by atoms with Gasteiger partial charge in [-0.05, 0) is 55.3 Å². The van der Waals surface area contributed by atoms with Crippen LogP contribution in [0.15, 0.2) is 67.1 Å². The number of amides is 4. The molecule has 15 nitrogen and oxygen atoms in total. The Morgan fingerprint density at radius 3 is 2.07 bits per heavy atom. The Labute approximate surface area is 322 Å². The average molecular weight is 766 g/mol. The van der Waals surface area contributed by atoms with Crippen molar-refractivity contribution in [3.05, 3.63) is 83.8 Å². The fraction of sp³-hybridized carbons (Fsp3) is 0.366. The van der Waals surface area contributed by atoms with Gasteiger partial charge in [-0.15, -0.1) is 0 Å². The van der Waals surface area contributed by atoms with Crippen LogP contribution in [0, 0.1) is 6.92 Å². The Balaban J connectivity index is 0.704. The van der Waals surface area contributed by atoms with Crippen LogP contribution >= 0.6 is 0 Å². The predicted octanol–water partition coefficient (Wildman–Crippen LogP) is 4.02. The van der Waals surface area contributed by atoms with Crippen molar-refractivity contribution in [3.63, 3.8) is 0 Å². The lowest BCUT2D eigenvalue weighted by Gasteiger charge is -2.27. The number of carbonyl (C=O) groups is 4. The summed E-state index contributed by atoms with van der Waals surface area (Å²) in [5.74, 6) is -1.25. The van der Waals surface area contributed by atoms with Gasteiger partial charge in [-0.1, -0.05) is 12.1 Å². The molecule has 1 fully saturated rings. The molecule has 7 rings (SSSR count). The van der Waals surface area contributed by atoms with E-state index in [1.165, 1.54) is 17.5 Å². The molecule has 0 radical (unpaired) electrons. The van der Waals surface area contributed by atoms with E-state index in [0.29, 0.717) is 64.5 Å². The molecule has 2 aromatic carbocycles. The second-order valence-electron chi connectivity index (χ2n) is 13.3. The molecule has 0 bridgehead atoms. The van der Waals surface area contributed by atoms with Crippen molar-refractivity contribution < 1.29 is 47.6 Å². The second kappa shape index (κ2) is 17.8. The molecule has 5 heterocycles. The number of aryl methyl sites for hydroxylation is 2. The summed E-state index contributed by atoms with van der Waals surface area (Å²) in [5, 5.41) is 4.49. The van der Waals surface area contributed by atoms with E-state index >= 15 is 0 Å². The number of benzene rings is 2. The lowest BCUT2D eigenvalue weighted by molar-refractivity contribution is -0.136. The highest BCUT2D eigenvalue weighted by molar-refractivity contribution is 6.23. The van der Waals surface area contributed by atoms with E-state index < -0.39 is 29.7 Å². The fourth-order valence-electron chi connectivity index (χ4n) is 6.82. The summed E-state index contributed by atoms with van der Waals surface area (Å²) in [6.45, 7) is 5.70. The van der Waals surface area contributed by atoms with Gasteiger partial charge in [-0.25, -0.2) is 4.98 Å². The molecule has 2 aliphatic heterocycles. The van der Waals surface area contributed by atoms with E-state index in [1.54, 1.807) is 6.07 Å². The first-order valence-electron chi connectivity index (χ1n) is 18.5. The van der Waals surface area contributed by atoms with E-state index in [2.05, 4.69) is 51.2 Å². The lowest BCUT2D eigenvalue weighted by atomic mass is 10.0. The molecule has 15 heteroatoms. The van der Waals surface area contributed by atoms with Crippen LogP contribution in [-0.4, -0.2) is 115 Å². The number of pyridine rings is 2. The van der Waals surface area contributed by atoms with E-state index in [4.69, 9.17) is 28.4 Å². The zero-order valence-electron chi connectivity index (χ0n) is 31.3. The van der Waals surface area contributed by atoms with Gasteiger partial charge in [0, 0.05) is 59.5 Å². The molecular formula is C41H43N5O10. The van der Waals surface area contributed by atoms with Crippen LogP contribution in [0.4, 0.5) is 0 Å². The van der Waals surface area contributed by atoms with Gasteiger partial charge in [0.1, 0.15) is 25.0 Å². The van der Waals surface area contributed by atoms with Crippen LogP contribution in [-0.2, 0) is 35.6 Å². The number of hydrogen-bond donors (Lipinski definition) is 1. The third kappa shape index (κ3) is 8.55. The van der Waals surface area contributed by atoms with E-state index in [0.717, 1.165) is 38.0 Å². The van der Waals surface area contributed by atoms with Gasteiger partial charge >= 0.3 is 0 Å². The van der Waals surface area contributed by atoms with Crippen molar-refractivity contribution in [1.82, 2.24) is 24.8 Å². The summed E-state index contributed by atoms with van der Waals surface area (Å²) in [6, 6.07) is 14.1. The topological polar surface area (TPSA) is 170 Å². The molecular weight excluding hydrogens is 722 g/mol. The highest BCUT2D eigenvalue weighted by Gasteiger charge is 2.44. The molecule has 0 saturated carbocycles. The zero-order chi connectivity index (χ0) is 39.0. The van der Waals surface area contributed by atoms with Crippen molar-refractivity contribution in [2.24, 2.45) is 7.05 Å². The molecule has 292 valence electrons. The maximum absolute atomic E-state index is 13.0. The van der Waals surface area contributed by atoms with Crippen LogP contribution < -0.4 is 14.8 Å². The molecule has 1 atom stereocenters. The maximum atomic E-state index is 13.0. The minimum atomic E-state index is -1.01. The Morgan fingerprint density at radius 1 is 0.696 bits per heavy atom. The van der Waals surface area contributed by atoms with Crippen LogP contribution in [0.25, 0.3) is 32.9 Å². The molecule has 4 amide bonds. The van der Waals surface area contributed by atoms with Gasteiger partial charge in [0.25, 0.3) is 11.8 Å². The average Bonchev–Trinajstić information content (AvgIpc) is 3.62.